The topological polar surface area (TPSA) is 41.1 Å². The van der Waals surface area contributed by atoms with E-state index in [9.17, 15) is 4.79 Å². The summed E-state index contributed by atoms with van der Waals surface area (Å²) in [6, 6.07) is 5.73. The van der Waals surface area contributed by atoms with Crippen molar-refractivity contribution in [2.45, 2.75) is 19.4 Å². The fourth-order valence-corrected chi connectivity index (χ4v) is 1.89. The molecule has 2 rings (SSSR count). The maximum absolute atomic E-state index is 11.7. The molecule has 1 atom stereocenters. The van der Waals surface area contributed by atoms with Crippen molar-refractivity contribution < 1.29 is 4.79 Å². The lowest BCUT2D eigenvalue weighted by atomic mass is 10.0. The fraction of sp³-hybridized carbons (Fsp3) is 0.308. The van der Waals surface area contributed by atoms with Gasteiger partial charge in [-0.2, -0.15) is 0 Å². The molecular formula is C13H14N2O. The lowest BCUT2D eigenvalue weighted by Crippen LogP contribution is -2.27. The van der Waals surface area contributed by atoms with Crippen molar-refractivity contribution in [3.63, 3.8) is 0 Å². The lowest BCUT2D eigenvalue weighted by molar-refractivity contribution is -0.117. The Labute approximate surface area is 95.2 Å². The van der Waals surface area contributed by atoms with Gasteiger partial charge in [0.15, 0.2) is 0 Å². The number of rotatable bonds is 3. The molecule has 1 aliphatic rings. The molecule has 0 aliphatic carbocycles. The van der Waals surface area contributed by atoms with Crippen molar-refractivity contribution in [1.29, 1.82) is 0 Å². The third-order valence-corrected chi connectivity index (χ3v) is 2.76. The predicted molar refractivity (Wildman–Crippen MR) is 64.0 cm³/mol. The van der Waals surface area contributed by atoms with E-state index in [0.29, 0.717) is 6.54 Å². The molecule has 0 radical (unpaired) electrons. The van der Waals surface area contributed by atoms with Gasteiger partial charge in [-0.1, -0.05) is 25.0 Å². The van der Waals surface area contributed by atoms with Gasteiger partial charge in [0.2, 0.25) is 5.91 Å². The summed E-state index contributed by atoms with van der Waals surface area (Å²) >= 11 is 0. The molecule has 82 valence electrons. The summed E-state index contributed by atoms with van der Waals surface area (Å²) in [5, 5.41) is 5.88. The number of benzene rings is 1. The number of hydrogen-bond donors (Lipinski definition) is 2. The molecule has 1 heterocycles. The van der Waals surface area contributed by atoms with Crippen LogP contribution >= 0.6 is 0 Å². The summed E-state index contributed by atoms with van der Waals surface area (Å²) in [6.45, 7) is 2.49. The highest BCUT2D eigenvalue weighted by molar-refractivity contribution is 6.02. The van der Waals surface area contributed by atoms with E-state index in [2.05, 4.69) is 29.5 Å². The molecular weight excluding hydrogens is 200 g/mol. The number of carbonyl (C=O) groups is 1. The third-order valence-electron chi connectivity index (χ3n) is 2.76. The minimum absolute atomic E-state index is 0.0292. The molecule has 0 fully saturated rings. The van der Waals surface area contributed by atoms with E-state index in [-0.39, 0.29) is 11.9 Å². The average Bonchev–Trinajstić information content (AvgIpc) is 2.61. The maximum atomic E-state index is 11.7. The van der Waals surface area contributed by atoms with E-state index in [4.69, 9.17) is 6.42 Å². The molecule has 16 heavy (non-hydrogen) atoms. The normalized spacial score (nSPS) is 17.8. The van der Waals surface area contributed by atoms with Crippen LogP contribution in [0.25, 0.3) is 0 Å². The summed E-state index contributed by atoms with van der Waals surface area (Å²) < 4.78 is 0. The fourth-order valence-electron chi connectivity index (χ4n) is 1.89. The first kappa shape index (κ1) is 10.7. The molecule has 1 unspecified atom stereocenters. The van der Waals surface area contributed by atoms with Crippen LogP contribution in [-0.2, 0) is 11.2 Å². The average molecular weight is 214 g/mol. The minimum atomic E-state index is -0.308. The van der Waals surface area contributed by atoms with E-state index in [1.54, 1.807) is 0 Å². The molecule has 3 nitrogen and oxygen atoms in total. The Hall–Kier alpha value is -1.79. The molecule has 1 aromatic rings. The van der Waals surface area contributed by atoms with Crippen LogP contribution in [0.1, 0.15) is 24.1 Å². The molecule has 0 saturated carbocycles. The van der Waals surface area contributed by atoms with Crippen molar-refractivity contribution in [3.8, 4) is 12.3 Å². The quantitative estimate of drug-likeness (QED) is 0.748. The van der Waals surface area contributed by atoms with Crippen LogP contribution in [0.4, 0.5) is 5.69 Å². The molecule has 1 amide bonds. The standard InChI is InChI=1S/C13H14N2O/c1-3-7-14-12-10-8-9(4-2)5-6-11(10)15-13(12)16/h1,5-6,8,12,14H,4,7H2,2H3,(H,15,16). The van der Waals surface area contributed by atoms with Crippen molar-refractivity contribution >= 4 is 11.6 Å². The number of nitrogens with one attached hydrogen (secondary N) is 2. The summed E-state index contributed by atoms with van der Waals surface area (Å²) in [4.78, 5) is 11.7. The zero-order valence-corrected chi connectivity index (χ0v) is 9.21. The molecule has 2 N–H and O–H groups in total. The number of aryl methyl sites for hydroxylation is 1. The van der Waals surface area contributed by atoms with Crippen molar-refractivity contribution in [2.75, 3.05) is 11.9 Å². The second-order valence-corrected chi connectivity index (χ2v) is 3.78. The number of hydrogen-bond acceptors (Lipinski definition) is 2. The summed E-state index contributed by atoms with van der Waals surface area (Å²) in [7, 11) is 0. The number of amides is 1. The Bertz CT molecular complexity index is 459. The number of terminal acetylenes is 1. The maximum Gasteiger partial charge on any atom is 0.246 e. The van der Waals surface area contributed by atoms with E-state index in [1.165, 1.54) is 5.56 Å². The Morgan fingerprint density at radius 3 is 3.06 bits per heavy atom. The largest absolute Gasteiger partial charge is 0.324 e. The Morgan fingerprint density at radius 1 is 1.56 bits per heavy atom. The molecule has 1 aliphatic heterocycles. The summed E-state index contributed by atoms with van der Waals surface area (Å²) in [6.07, 6.45) is 6.15. The van der Waals surface area contributed by atoms with Crippen LogP contribution in [0.5, 0.6) is 0 Å². The zero-order valence-electron chi connectivity index (χ0n) is 9.21. The van der Waals surface area contributed by atoms with Gasteiger partial charge in [-0.05, 0) is 18.1 Å². The smallest absolute Gasteiger partial charge is 0.246 e. The van der Waals surface area contributed by atoms with Gasteiger partial charge in [0.25, 0.3) is 0 Å². The summed E-state index contributed by atoms with van der Waals surface area (Å²) in [5.74, 6) is 2.45. The van der Waals surface area contributed by atoms with Crippen molar-refractivity contribution in [1.82, 2.24) is 5.32 Å². The molecule has 0 saturated heterocycles. The van der Waals surface area contributed by atoms with Gasteiger partial charge in [0.05, 0.1) is 6.54 Å². The van der Waals surface area contributed by atoms with E-state index in [1.807, 2.05) is 12.1 Å². The van der Waals surface area contributed by atoms with Crippen LogP contribution in [0.3, 0.4) is 0 Å². The summed E-state index contributed by atoms with van der Waals surface area (Å²) in [5.41, 5.74) is 3.11. The number of anilines is 1. The van der Waals surface area contributed by atoms with Gasteiger partial charge < -0.3 is 5.32 Å². The molecule has 0 aromatic heterocycles. The Balaban J connectivity index is 2.31. The van der Waals surface area contributed by atoms with Crippen LogP contribution in [-0.4, -0.2) is 12.5 Å². The molecule has 1 aromatic carbocycles. The van der Waals surface area contributed by atoms with Crippen molar-refractivity contribution in [3.05, 3.63) is 29.3 Å². The molecule has 3 heteroatoms. The highest BCUT2D eigenvalue weighted by atomic mass is 16.2. The highest BCUT2D eigenvalue weighted by Crippen LogP contribution is 2.31. The van der Waals surface area contributed by atoms with Gasteiger partial charge in [-0.15, -0.1) is 6.42 Å². The van der Waals surface area contributed by atoms with Gasteiger partial charge in [0, 0.05) is 11.3 Å². The Morgan fingerprint density at radius 2 is 2.38 bits per heavy atom. The zero-order chi connectivity index (χ0) is 11.5. The van der Waals surface area contributed by atoms with Gasteiger partial charge in [0.1, 0.15) is 6.04 Å². The second kappa shape index (κ2) is 4.38. The number of carbonyl (C=O) groups excluding carboxylic acids is 1. The first-order valence-electron chi connectivity index (χ1n) is 5.36. The van der Waals surface area contributed by atoms with E-state index >= 15 is 0 Å². The van der Waals surface area contributed by atoms with E-state index < -0.39 is 0 Å². The highest BCUT2D eigenvalue weighted by Gasteiger charge is 2.29. The number of fused-ring (bicyclic) bond motifs is 1. The van der Waals surface area contributed by atoms with Crippen LogP contribution in [0, 0.1) is 12.3 Å². The second-order valence-electron chi connectivity index (χ2n) is 3.78. The van der Waals surface area contributed by atoms with E-state index in [0.717, 1.165) is 17.7 Å². The van der Waals surface area contributed by atoms with Gasteiger partial charge >= 0.3 is 0 Å². The predicted octanol–water partition coefficient (Wildman–Crippen LogP) is 1.47. The minimum Gasteiger partial charge on any atom is -0.324 e. The SMILES string of the molecule is C#CCNC1C(=O)Nc2ccc(CC)cc21. The first-order valence-corrected chi connectivity index (χ1v) is 5.36. The molecule has 0 spiro atoms. The van der Waals surface area contributed by atoms with Crippen molar-refractivity contribution in [2.24, 2.45) is 0 Å². The Kier molecular flexibility index (Phi) is 2.93. The van der Waals surface area contributed by atoms with Gasteiger partial charge in [-0.3, -0.25) is 10.1 Å². The third kappa shape index (κ3) is 1.80. The monoisotopic (exact) mass is 214 g/mol. The lowest BCUT2D eigenvalue weighted by Gasteiger charge is -2.09. The van der Waals surface area contributed by atoms with Crippen LogP contribution < -0.4 is 10.6 Å². The van der Waals surface area contributed by atoms with Crippen LogP contribution in [0.2, 0.25) is 0 Å². The first-order chi connectivity index (χ1) is 7.76. The van der Waals surface area contributed by atoms with Crippen LogP contribution in [0.15, 0.2) is 18.2 Å². The molecule has 0 bridgehead atoms. The van der Waals surface area contributed by atoms with Gasteiger partial charge in [-0.25, -0.2) is 0 Å².